The van der Waals surface area contributed by atoms with E-state index in [1.165, 1.54) is 10.6 Å². The fourth-order valence-electron chi connectivity index (χ4n) is 2.23. The number of hydrogen-bond acceptors (Lipinski definition) is 3. The normalized spacial score (nSPS) is 10.5. The Kier molecular flexibility index (Phi) is 4.96. The topological polar surface area (TPSA) is 64.2 Å². The summed E-state index contributed by atoms with van der Waals surface area (Å²) in [5.74, 6) is 1.15. The average molecular weight is 387 g/mol. The first-order valence-electron chi connectivity index (χ1n) is 7.38. The van der Waals surface area contributed by atoms with Crippen molar-refractivity contribution in [2.24, 2.45) is 0 Å². The van der Waals surface area contributed by atoms with Crippen LogP contribution in [0.1, 0.15) is 5.76 Å². The van der Waals surface area contributed by atoms with E-state index in [9.17, 15) is 9.59 Å². The first-order chi connectivity index (χ1) is 11.6. The number of halogens is 1. The minimum absolute atomic E-state index is 0.0139. The van der Waals surface area contributed by atoms with Gasteiger partial charge in [0.15, 0.2) is 0 Å². The van der Waals surface area contributed by atoms with Gasteiger partial charge in [-0.2, -0.15) is 0 Å². The molecule has 0 saturated carbocycles. The quantitative estimate of drug-likeness (QED) is 0.732. The summed E-state index contributed by atoms with van der Waals surface area (Å²) in [4.78, 5) is 23.5. The Morgan fingerprint density at radius 3 is 2.62 bits per heavy atom. The van der Waals surface area contributed by atoms with Crippen molar-refractivity contribution in [2.45, 2.75) is 13.1 Å². The van der Waals surface area contributed by atoms with Gasteiger partial charge in [-0.1, -0.05) is 34.1 Å². The minimum atomic E-state index is -0.245. The summed E-state index contributed by atoms with van der Waals surface area (Å²) in [5, 5.41) is 2.75. The molecule has 1 N–H and O–H groups in total. The number of nitrogens with zero attached hydrogens (tertiary/aromatic N) is 1. The molecule has 0 saturated heterocycles. The molecule has 0 aliphatic carbocycles. The standard InChI is InChI=1S/C18H15BrN2O3/c19-14-6-4-13(5-7-14)16-9-8-15(24-16)11-20-17(22)12-21-10-2-1-3-18(21)23/h1-10H,11-12H2,(H,20,22). The number of furan rings is 1. The van der Waals surface area contributed by atoms with Crippen LogP contribution in [0.3, 0.4) is 0 Å². The number of carbonyl (C=O) groups is 1. The molecule has 0 unspecified atom stereocenters. The largest absolute Gasteiger partial charge is 0.459 e. The second-order valence-electron chi connectivity index (χ2n) is 5.22. The van der Waals surface area contributed by atoms with Crippen molar-refractivity contribution in [1.82, 2.24) is 9.88 Å². The zero-order chi connectivity index (χ0) is 16.9. The highest BCUT2D eigenvalue weighted by molar-refractivity contribution is 9.10. The Labute approximate surface area is 147 Å². The zero-order valence-corrected chi connectivity index (χ0v) is 14.3. The molecule has 0 fully saturated rings. The van der Waals surface area contributed by atoms with Crippen LogP contribution in [0.4, 0.5) is 0 Å². The van der Waals surface area contributed by atoms with Gasteiger partial charge in [-0.05, 0) is 30.3 Å². The van der Waals surface area contributed by atoms with E-state index in [4.69, 9.17) is 4.42 Å². The van der Waals surface area contributed by atoms with Crippen LogP contribution < -0.4 is 10.9 Å². The molecule has 6 heteroatoms. The third kappa shape index (κ3) is 4.02. The van der Waals surface area contributed by atoms with Gasteiger partial charge in [0.1, 0.15) is 18.1 Å². The Hall–Kier alpha value is -2.60. The summed E-state index contributed by atoms with van der Waals surface area (Å²) in [7, 11) is 0. The molecule has 0 atom stereocenters. The molecule has 3 rings (SSSR count). The van der Waals surface area contributed by atoms with Gasteiger partial charge in [0, 0.05) is 22.3 Å². The Morgan fingerprint density at radius 1 is 1.08 bits per heavy atom. The molecule has 0 aliphatic rings. The molecule has 2 heterocycles. The van der Waals surface area contributed by atoms with E-state index in [0.29, 0.717) is 5.76 Å². The fourth-order valence-corrected chi connectivity index (χ4v) is 2.49. The molecule has 24 heavy (non-hydrogen) atoms. The van der Waals surface area contributed by atoms with Crippen LogP contribution in [-0.2, 0) is 17.9 Å². The first-order valence-corrected chi connectivity index (χ1v) is 8.18. The molecule has 2 aromatic heterocycles. The lowest BCUT2D eigenvalue weighted by molar-refractivity contribution is -0.121. The number of rotatable bonds is 5. The summed E-state index contributed by atoms with van der Waals surface area (Å²) in [5.41, 5.74) is 0.759. The maximum absolute atomic E-state index is 11.9. The van der Waals surface area contributed by atoms with Crippen LogP contribution in [-0.4, -0.2) is 10.5 Å². The van der Waals surface area contributed by atoms with Crippen molar-refractivity contribution in [1.29, 1.82) is 0 Å². The highest BCUT2D eigenvalue weighted by atomic mass is 79.9. The lowest BCUT2D eigenvalue weighted by Gasteiger charge is -2.05. The average Bonchev–Trinajstić information content (AvgIpc) is 3.05. The van der Waals surface area contributed by atoms with Crippen molar-refractivity contribution in [2.75, 3.05) is 0 Å². The fraction of sp³-hybridized carbons (Fsp3) is 0.111. The van der Waals surface area contributed by atoms with Gasteiger partial charge < -0.3 is 14.3 Å². The van der Waals surface area contributed by atoms with E-state index in [0.717, 1.165) is 15.8 Å². The molecule has 0 bridgehead atoms. The second-order valence-corrected chi connectivity index (χ2v) is 6.13. The lowest BCUT2D eigenvalue weighted by Crippen LogP contribution is -2.31. The van der Waals surface area contributed by atoms with Gasteiger partial charge in [0.05, 0.1) is 6.54 Å². The SMILES string of the molecule is O=C(Cn1ccccc1=O)NCc1ccc(-c2ccc(Br)cc2)o1. The number of aromatic nitrogens is 1. The van der Waals surface area contributed by atoms with Gasteiger partial charge in [-0.3, -0.25) is 9.59 Å². The summed E-state index contributed by atoms with van der Waals surface area (Å²) >= 11 is 3.39. The van der Waals surface area contributed by atoms with Gasteiger partial charge >= 0.3 is 0 Å². The van der Waals surface area contributed by atoms with Crippen molar-refractivity contribution in [3.8, 4) is 11.3 Å². The van der Waals surface area contributed by atoms with Crippen LogP contribution in [0, 0.1) is 0 Å². The van der Waals surface area contributed by atoms with Gasteiger partial charge in [0.2, 0.25) is 5.91 Å². The van der Waals surface area contributed by atoms with E-state index in [1.54, 1.807) is 18.3 Å². The van der Waals surface area contributed by atoms with Crippen molar-refractivity contribution >= 4 is 21.8 Å². The highest BCUT2D eigenvalue weighted by Crippen LogP contribution is 2.23. The van der Waals surface area contributed by atoms with Crippen LogP contribution in [0.25, 0.3) is 11.3 Å². The number of hydrogen-bond donors (Lipinski definition) is 1. The van der Waals surface area contributed by atoms with Gasteiger partial charge in [-0.15, -0.1) is 0 Å². The molecular formula is C18H15BrN2O3. The number of benzene rings is 1. The number of nitrogens with one attached hydrogen (secondary N) is 1. The summed E-state index contributed by atoms with van der Waals surface area (Å²) in [6.45, 7) is 0.261. The predicted octanol–water partition coefficient (Wildman–Crippen LogP) is 3.19. The van der Waals surface area contributed by atoms with Crippen molar-refractivity contribution < 1.29 is 9.21 Å². The molecule has 5 nitrogen and oxygen atoms in total. The summed E-state index contributed by atoms with van der Waals surface area (Å²) in [6.07, 6.45) is 1.58. The molecule has 0 radical (unpaired) electrons. The monoisotopic (exact) mass is 386 g/mol. The summed E-state index contributed by atoms with van der Waals surface area (Å²) in [6, 6.07) is 16.3. The number of amides is 1. The Balaban J connectivity index is 1.59. The summed E-state index contributed by atoms with van der Waals surface area (Å²) < 4.78 is 8.09. The molecule has 1 amide bonds. The Bertz CT molecular complexity index is 897. The highest BCUT2D eigenvalue weighted by Gasteiger charge is 2.07. The first kappa shape index (κ1) is 16.3. The van der Waals surface area contributed by atoms with E-state index < -0.39 is 0 Å². The van der Waals surface area contributed by atoms with E-state index in [2.05, 4.69) is 21.2 Å². The van der Waals surface area contributed by atoms with E-state index in [-0.39, 0.29) is 24.6 Å². The smallest absolute Gasteiger partial charge is 0.250 e. The Morgan fingerprint density at radius 2 is 1.88 bits per heavy atom. The van der Waals surface area contributed by atoms with E-state index >= 15 is 0 Å². The number of pyridine rings is 1. The van der Waals surface area contributed by atoms with Crippen LogP contribution in [0.2, 0.25) is 0 Å². The third-order valence-electron chi connectivity index (χ3n) is 3.46. The number of carbonyl (C=O) groups excluding carboxylic acids is 1. The van der Waals surface area contributed by atoms with Crippen LogP contribution in [0.5, 0.6) is 0 Å². The van der Waals surface area contributed by atoms with Crippen LogP contribution in [0.15, 0.2) is 74.5 Å². The van der Waals surface area contributed by atoms with Crippen molar-refractivity contribution in [3.63, 3.8) is 0 Å². The lowest BCUT2D eigenvalue weighted by atomic mass is 10.2. The second kappa shape index (κ2) is 7.31. The minimum Gasteiger partial charge on any atom is -0.459 e. The maximum Gasteiger partial charge on any atom is 0.250 e. The maximum atomic E-state index is 11.9. The zero-order valence-electron chi connectivity index (χ0n) is 12.7. The van der Waals surface area contributed by atoms with Crippen LogP contribution >= 0.6 is 15.9 Å². The molecule has 0 aliphatic heterocycles. The predicted molar refractivity (Wildman–Crippen MR) is 94.4 cm³/mol. The molecule has 3 aromatic rings. The third-order valence-corrected chi connectivity index (χ3v) is 3.99. The van der Waals surface area contributed by atoms with Gasteiger partial charge in [0.25, 0.3) is 5.56 Å². The van der Waals surface area contributed by atoms with Crippen molar-refractivity contribution in [3.05, 3.63) is 81.4 Å². The molecular weight excluding hydrogens is 372 g/mol. The molecule has 0 spiro atoms. The van der Waals surface area contributed by atoms with Gasteiger partial charge in [-0.25, -0.2) is 0 Å². The van der Waals surface area contributed by atoms with E-state index in [1.807, 2.05) is 36.4 Å². The molecule has 122 valence electrons. The molecule has 1 aromatic carbocycles.